The molecule has 0 saturated carbocycles. The summed E-state index contributed by atoms with van der Waals surface area (Å²) in [5.41, 5.74) is 3.67. The van der Waals surface area contributed by atoms with Gasteiger partial charge in [-0.3, -0.25) is 9.59 Å². The molecular weight excluding hydrogens is 390 g/mol. The van der Waals surface area contributed by atoms with E-state index in [1.165, 1.54) is 0 Å². The summed E-state index contributed by atoms with van der Waals surface area (Å²) < 4.78 is 6.07. The van der Waals surface area contributed by atoms with Crippen molar-refractivity contribution in [2.75, 3.05) is 5.32 Å². The van der Waals surface area contributed by atoms with E-state index in [-0.39, 0.29) is 23.8 Å². The second-order valence-electron chi connectivity index (χ2n) is 9.34. The molecule has 0 unspecified atom stereocenters. The monoisotopic (exact) mass is 413 g/mol. The maximum atomic E-state index is 13.7. The number of rotatable bonds is 0. The largest absolute Gasteiger partial charge is 0.388 e. The number of hydrogen-bond acceptors (Lipinski definition) is 5. The van der Waals surface area contributed by atoms with Gasteiger partial charge in [0.05, 0.1) is 29.0 Å². The smallest absolute Gasteiger partial charge is 0.196 e. The zero-order valence-corrected chi connectivity index (χ0v) is 17.7. The van der Waals surface area contributed by atoms with Crippen LogP contribution in [0.25, 0.3) is 10.8 Å². The quantitative estimate of drug-likeness (QED) is 0.449. The highest BCUT2D eigenvalue weighted by Crippen LogP contribution is 2.49. The Morgan fingerprint density at radius 3 is 2.55 bits per heavy atom. The standard InChI is InChI=1S/C26H23NO4/c1-12-4-6-15-14(10-12)5-7-17-20(15)23(28)18-9-8-16-19-11-26(3,25(30)13(2)31-19)27-22(16)21(18)24(17)29/h4-10,13,19,25,27,30H,11H2,1-3H3/t13-,19+,25-,26+/m0/s1. The number of carbonyl (C=O) groups is 2. The van der Waals surface area contributed by atoms with Gasteiger partial charge in [-0.05, 0) is 43.7 Å². The summed E-state index contributed by atoms with van der Waals surface area (Å²) in [5, 5.41) is 15.9. The number of ether oxygens (including phenoxy) is 1. The van der Waals surface area contributed by atoms with Crippen LogP contribution in [0.3, 0.4) is 0 Å². The highest BCUT2D eigenvalue weighted by molar-refractivity contribution is 6.33. The van der Waals surface area contributed by atoms with Crippen molar-refractivity contribution in [1.29, 1.82) is 0 Å². The van der Waals surface area contributed by atoms with Crippen molar-refractivity contribution in [3.63, 3.8) is 0 Å². The van der Waals surface area contributed by atoms with Crippen molar-refractivity contribution in [1.82, 2.24) is 0 Å². The molecule has 31 heavy (non-hydrogen) atoms. The van der Waals surface area contributed by atoms with Crippen molar-refractivity contribution >= 4 is 28.0 Å². The van der Waals surface area contributed by atoms with Gasteiger partial charge in [0.2, 0.25) is 0 Å². The molecule has 5 heteroatoms. The van der Waals surface area contributed by atoms with Gasteiger partial charge < -0.3 is 15.2 Å². The van der Waals surface area contributed by atoms with Crippen molar-refractivity contribution in [2.45, 2.75) is 51.0 Å². The number of aliphatic hydroxyl groups excluding tert-OH is 1. The average Bonchev–Trinajstić information content (AvgIpc) is 2.74. The Morgan fingerprint density at radius 2 is 1.74 bits per heavy atom. The molecule has 1 fully saturated rings. The molecule has 2 N–H and O–H groups in total. The normalized spacial score (nSPS) is 28.6. The van der Waals surface area contributed by atoms with E-state index < -0.39 is 11.6 Å². The minimum atomic E-state index is -0.721. The van der Waals surface area contributed by atoms with Crippen LogP contribution in [0.1, 0.15) is 69.3 Å². The summed E-state index contributed by atoms with van der Waals surface area (Å²) in [6, 6.07) is 13.2. The van der Waals surface area contributed by atoms with Crippen LogP contribution >= 0.6 is 0 Å². The third kappa shape index (κ3) is 2.39. The molecule has 0 amide bonds. The number of aliphatic hydroxyl groups is 1. The van der Waals surface area contributed by atoms with Crippen LogP contribution in [0, 0.1) is 6.92 Å². The van der Waals surface area contributed by atoms with Crippen LogP contribution in [0.15, 0.2) is 42.5 Å². The molecule has 1 saturated heterocycles. The number of ketones is 2. The van der Waals surface area contributed by atoms with Crippen molar-refractivity contribution < 1.29 is 19.4 Å². The minimum absolute atomic E-state index is 0.139. The Kier molecular flexibility index (Phi) is 3.64. The molecule has 2 bridgehead atoms. The van der Waals surface area contributed by atoms with Gasteiger partial charge in [-0.2, -0.15) is 0 Å². The van der Waals surface area contributed by atoms with Gasteiger partial charge in [-0.15, -0.1) is 0 Å². The third-order valence-corrected chi connectivity index (χ3v) is 7.20. The SMILES string of the molecule is Cc1ccc2c3c(ccc2c1)C(=O)c1c(ccc2c1N[C@]1(C)C[C@H]2O[C@@H](C)[C@@H]1O)C3=O. The fourth-order valence-corrected chi connectivity index (χ4v) is 5.60. The van der Waals surface area contributed by atoms with Crippen LogP contribution in [-0.4, -0.2) is 34.4 Å². The summed E-state index contributed by atoms with van der Waals surface area (Å²) in [6.07, 6.45) is -0.670. The van der Waals surface area contributed by atoms with Crippen molar-refractivity contribution in [3.05, 3.63) is 75.8 Å². The number of aryl methyl sites for hydroxylation is 1. The number of fused-ring (bicyclic) bond motifs is 9. The predicted molar refractivity (Wildman–Crippen MR) is 118 cm³/mol. The van der Waals surface area contributed by atoms with E-state index in [0.717, 1.165) is 21.9 Å². The van der Waals surface area contributed by atoms with Crippen LogP contribution in [-0.2, 0) is 4.74 Å². The van der Waals surface area contributed by atoms with Gasteiger partial charge in [-0.1, -0.05) is 35.9 Å². The number of nitrogens with one attached hydrogen (secondary N) is 1. The van der Waals surface area contributed by atoms with E-state index in [0.29, 0.717) is 34.4 Å². The molecular formula is C26H23NO4. The number of hydrogen-bond donors (Lipinski definition) is 2. The van der Waals surface area contributed by atoms with Gasteiger partial charge in [0.25, 0.3) is 0 Å². The zero-order valence-electron chi connectivity index (χ0n) is 17.7. The molecule has 4 atom stereocenters. The van der Waals surface area contributed by atoms with Gasteiger partial charge in [0.15, 0.2) is 11.6 Å². The highest BCUT2D eigenvalue weighted by atomic mass is 16.5. The lowest BCUT2D eigenvalue weighted by Crippen LogP contribution is -2.59. The molecule has 5 nitrogen and oxygen atoms in total. The minimum Gasteiger partial charge on any atom is -0.388 e. The average molecular weight is 413 g/mol. The third-order valence-electron chi connectivity index (χ3n) is 7.20. The first-order valence-electron chi connectivity index (χ1n) is 10.7. The molecule has 0 aromatic heterocycles. The topological polar surface area (TPSA) is 75.6 Å². The first-order valence-corrected chi connectivity index (χ1v) is 10.7. The van der Waals surface area contributed by atoms with Crippen LogP contribution < -0.4 is 5.32 Å². The van der Waals surface area contributed by atoms with E-state index in [1.807, 2.05) is 51.1 Å². The van der Waals surface area contributed by atoms with Crippen LogP contribution in [0.5, 0.6) is 0 Å². The second kappa shape index (κ2) is 6.02. The lowest BCUT2D eigenvalue weighted by molar-refractivity contribution is -0.142. The van der Waals surface area contributed by atoms with Crippen LogP contribution in [0.2, 0.25) is 0 Å². The molecule has 3 aliphatic rings. The number of benzene rings is 3. The summed E-state index contributed by atoms with van der Waals surface area (Å²) >= 11 is 0. The van der Waals surface area contributed by atoms with Gasteiger partial charge in [-0.25, -0.2) is 0 Å². The molecule has 156 valence electrons. The van der Waals surface area contributed by atoms with Gasteiger partial charge in [0, 0.05) is 28.7 Å². The molecule has 2 aliphatic heterocycles. The second-order valence-corrected chi connectivity index (χ2v) is 9.34. The van der Waals surface area contributed by atoms with Crippen LogP contribution in [0.4, 0.5) is 5.69 Å². The van der Waals surface area contributed by atoms with Gasteiger partial charge in [0.1, 0.15) is 6.10 Å². The molecule has 6 rings (SSSR count). The maximum absolute atomic E-state index is 13.7. The Balaban J connectivity index is 1.59. The molecule has 3 aromatic rings. The maximum Gasteiger partial charge on any atom is 0.196 e. The van der Waals surface area contributed by atoms with E-state index in [9.17, 15) is 14.7 Å². The molecule has 3 aromatic carbocycles. The number of carbonyl (C=O) groups excluding carboxylic acids is 2. The van der Waals surface area contributed by atoms with Gasteiger partial charge >= 0.3 is 0 Å². The summed E-state index contributed by atoms with van der Waals surface area (Å²) in [4.78, 5) is 27.3. The molecule has 1 aliphatic carbocycles. The first-order chi connectivity index (χ1) is 14.8. The fourth-order valence-electron chi connectivity index (χ4n) is 5.60. The summed E-state index contributed by atoms with van der Waals surface area (Å²) in [6.45, 7) is 5.82. The van der Waals surface area contributed by atoms with E-state index in [1.54, 1.807) is 12.1 Å². The lowest BCUT2D eigenvalue weighted by Gasteiger charge is -2.51. The fraction of sp³-hybridized carbons (Fsp3) is 0.308. The number of anilines is 1. The Labute approximate surface area is 180 Å². The molecule has 2 heterocycles. The predicted octanol–water partition coefficient (Wildman–Crippen LogP) is 4.32. The molecule has 0 spiro atoms. The Bertz CT molecular complexity index is 1330. The van der Waals surface area contributed by atoms with E-state index in [4.69, 9.17) is 4.74 Å². The lowest BCUT2D eigenvalue weighted by atomic mass is 9.73. The zero-order chi connectivity index (χ0) is 21.7. The molecule has 0 radical (unpaired) electrons. The first kappa shape index (κ1) is 18.7. The van der Waals surface area contributed by atoms with Crippen molar-refractivity contribution in [2.24, 2.45) is 0 Å². The van der Waals surface area contributed by atoms with E-state index in [2.05, 4.69) is 5.32 Å². The highest BCUT2D eigenvalue weighted by Gasteiger charge is 2.50. The van der Waals surface area contributed by atoms with E-state index >= 15 is 0 Å². The Morgan fingerprint density at radius 1 is 1.03 bits per heavy atom. The van der Waals surface area contributed by atoms with Crippen molar-refractivity contribution in [3.8, 4) is 0 Å². The summed E-state index contributed by atoms with van der Waals surface area (Å²) in [5.74, 6) is -0.304. The Hall–Kier alpha value is -3.02. The summed E-state index contributed by atoms with van der Waals surface area (Å²) in [7, 11) is 0.